The highest BCUT2D eigenvalue weighted by Gasteiger charge is 2.10. The molecule has 0 saturated carbocycles. The number of aromatic nitrogens is 1. The van der Waals surface area contributed by atoms with Gasteiger partial charge in [0.25, 0.3) is 0 Å². The number of nitrogens with two attached hydrogens (primary N) is 1. The predicted molar refractivity (Wildman–Crippen MR) is 85.8 cm³/mol. The first-order valence-electron chi connectivity index (χ1n) is 6.79. The number of phenolic OH excluding ortho intramolecular Hbond substituents is 1. The fourth-order valence-corrected chi connectivity index (χ4v) is 2.42. The predicted octanol–water partition coefficient (Wildman–Crippen LogP) is 3.17. The van der Waals surface area contributed by atoms with E-state index >= 15 is 0 Å². The van der Waals surface area contributed by atoms with Gasteiger partial charge in [-0.15, -0.1) is 0 Å². The first kappa shape index (κ1) is 13.4. The molecule has 2 aromatic carbocycles. The van der Waals surface area contributed by atoms with Gasteiger partial charge in [0.05, 0.1) is 0 Å². The number of aromatic hydroxyl groups is 1. The minimum atomic E-state index is 0.237. The summed E-state index contributed by atoms with van der Waals surface area (Å²) in [6.45, 7) is 0.505. The SMILES string of the molecule is CN(c1cccc(CN)c1)c1nccc2ccc(O)cc12. The van der Waals surface area contributed by atoms with Crippen LogP contribution in [0.3, 0.4) is 0 Å². The molecule has 0 aliphatic carbocycles. The summed E-state index contributed by atoms with van der Waals surface area (Å²) in [6.07, 6.45) is 1.78. The zero-order valence-corrected chi connectivity index (χ0v) is 11.8. The Bertz CT molecular complexity index is 786. The van der Waals surface area contributed by atoms with Gasteiger partial charge in [0.2, 0.25) is 0 Å². The van der Waals surface area contributed by atoms with Crippen molar-refractivity contribution in [2.24, 2.45) is 5.73 Å². The zero-order valence-electron chi connectivity index (χ0n) is 11.8. The van der Waals surface area contributed by atoms with E-state index in [0.717, 1.165) is 27.8 Å². The van der Waals surface area contributed by atoms with Crippen molar-refractivity contribution in [1.29, 1.82) is 0 Å². The van der Waals surface area contributed by atoms with Crippen LogP contribution in [0.2, 0.25) is 0 Å². The number of hydrogen-bond donors (Lipinski definition) is 2. The van der Waals surface area contributed by atoms with Gasteiger partial charge in [-0.05, 0) is 41.3 Å². The van der Waals surface area contributed by atoms with Crippen LogP contribution in [-0.2, 0) is 6.54 Å². The Morgan fingerprint density at radius 3 is 2.81 bits per heavy atom. The summed E-state index contributed by atoms with van der Waals surface area (Å²) in [5.41, 5.74) is 7.79. The van der Waals surface area contributed by atoms with Crippen LogP contribution in [0.25, 0.3) is 10.8 Å². The third-order valence-electron chi connectivity index (χ3n) is 3.58. The molecule has 3 rings (SSSR count). The van der Waals surface area contributed by atoms with Crippen LogP contribution in [0, 0.1) is 0 Å². The fourth-order valence-electron chi connectivity index (χ4n) is 2.42. The Morgan fingerprint density at radius 1 is 1.14 bits per heavy atom. The van der Waals surface area contributed by atoms with Gasteiger partial charge < -0.3 is 15.7 Å². The summed E-state index contributed by atoms with van der Waals surface area (Å²) >= 11 is 0. The third-order valence-corrected chi connectivity index (χ3v) is 3.58. The average molecular weight is 279 g/mol. The summed E-state index contributed by atoms with van der Waals surface area (Å²) in [5, 5.41) is 11.7. The molecule has 0 bridgehead atoms. The maximum Gasteiger partial charge on any atom is 0.140 e. The van der Waals surface area contributed by atoms with Gasteiger partial charge in [-0.1, -0.05) is 18.2 Å². The lowest BCUT2D eigenvalue weighted by Gasteiger charge is -2.20. The lowest BCUT2D eigenvalue weighted by Crippen LogP contribution is -2.12. The van der Waals surface area contributed by atoms with Gasteiger partial charge in [-0.25, -0.2) is 4.98 Å². The van der Waals surface area contributed by atoms with Crippen LogP contribution in [0.15, 0.2) is 54.7 Å². The van der Waals surface area contributed by atoms with E-state index in [-0.39, 0.29) is 5.75 Å². The van der Waals surface area contributed by atoms with Crippen LogP contribution in [-0.4, -0.2) is 17.1 Å². The van der Waals surface area contributed by atoms with Crippen LogP contribution in [0.5, 0.6) is 5.75 Å². The van der Waals surface area contributed by atoms with Gasteiger partial charge in [-0.2, -0.15) is 0 Å². The second-order valence-corrected chi connectivity index (χ2v) is 4.97. The molecule has 4 nitrogen and oxygen atoms in total. The first-order valence-corrected chi connectivity index (χ1v) is 6.79. The number of benzene rings is 2. The molecule has 0 saturated heterocycles. The number of rotatable bonds is 3. The minimum absolute atomic E-state index is 0.237. The molecule has 0 aliphatic rings. The van der Waals surface area contributed by atoms with Crippen molar-refractivity contribution >= 4 is 22.3 Å². The Balaban J connectivity index is 2.12. The highest BCUT2D eigenvalue weighted by molar-refractivity contribution is 5.94. The fraction of sp³-hybridized carbons (Fsp3) is 0.118. The summed E-state index contributed by atoms with van der Waals surface area (Å²) in [4.78, 5) is 6.46. The number of anilines is 2. The van der Waals surface area contributed by atoms with Crippen molar-refractivity contribution in [3.8, 4) is 5.75 Å². The highest BCUT2D eigenvalue weighted by Crippen LogP contribution is 2.31. The molecule has 0 aliphatic heterocycles. The Labute approximate surface area is 123 Å². The van der Waals surface area contributed by atoms with Gasteiger partial charge in [0.1, 0.15) is 11.6 Å². The molecule has 4 heteroatoms. The summed E-state index contributed by atoms with van der Waals surface area (Å²) in [5.74, 6) is 1.04. The second kappa shape index (κ2) is 5.42. The molecule has 0 atom stereocenters. The van der Waals surface area contributed by atoms with E-state index in [4.69, 9.17) is 5.73 Å². The van der Waals surface area contributed by atoms with Crippen LogP contribution >= 0.6 is 0 Å². The molecule has 106 valence electrons. The van der Waals surface area contributed by atoms with Crippen LogP contribution in [0.1, 0.15) is 5.56 Å². The van der Waals surface area contributed by atoms with E-state index in [1.54, 1.807) is 18.3 Å². The normalized spacial score (nSPS) is 10.8. The lowest BCUT2D eigenvalue weighted by molar-refractivity contribution is 0.476. The van der Waals surface area contributed by atoms with Crippen molar-refractivity contribution in [3.63, 3.8) is 0 Å². The molecule has 0 radical (unpaired) electrons. The topological polar surface area (TPSA) is 62.4 Å². The number of fused-ring (bicyclic) bond motifs is 1. The van der Waals surface area contributed by atoms with Gasteiger partial charge in [0.15, 0.2) is 0 Å². The minimum Gasteiger partial charge on any atom is -0.508 e. The molecule has 0 fully saturated rings. The van der Waals surface area contributed by atoms with Gasteiger partial charge >= 0.3 is 0 Å². The van der Waals surface area contributed by atoms with E-state index in [1.807, 2.05) is 48.3 Å². The zero-order chi connectivity index (χ0) is 14.8. The molecule has 0 amide bonds. The average Bonchev–Trinajstić information content (AvgIpc) is 2.53. The van der Waals surface area contributed by atoms with Crippen LogP contribution < -0.4 is 10.6 Å². The van der Waals surface area contributed by atoms with Crippen molar-refractivity contribution in [1.82, 2.24) is 4.98 Å². The molecule has 0 spiro atoms. The maximum atomic E-state index is 9.73. The molecule has 1 aromatic heterocycles. The van der Waals surface area contributed by atoms with Gasteiger partial charge in [0, 0.05) is 30.9 Å². The second-order valence-electron chi connectivity index (χ2n) is 4.97. The number of pyridine rings is 1. The third kappa shape index (κ3) is 2.53. The summed E-state index contributed by atoms with van der Waals surface area (Å²) < 4.78 is 0. The van der Waals surface area contributed by atoms with E-state index in [2.05, 4.69) is 4.98 Å². The molecular weight excluding hydrogens is 262 g/mol. The quantitative estimate of drug-likeness (QED) is 0.773. The van der Waals surface area contributed by atoms with Crippen molar-refractivity contribution in [3.05, 3.63) is 60.3 Å². The standard InChI is InChI=1S/C17H17N3O/c1-20(14-4-2-3-12(9-14)11-18)17-16-10-15(21)6-5-13(16)7-8-19-17/h2-10,21H,11,18H2,1H3. The van der Waals surface area contributed by atoms with E-state index in [9.17, 15) is 5.11 Å². The monoisotopic (exact) mass is 279 g/mol. The summed E-state index contributed by atoms with van der Waals surface area (Å²) in [7, 11) is 1.96. The van der Waals surface area contributed by atoms with E-state index < -0.39 is 0 Å². The number of hydrogen-bond acceptors (Lipinski definition) is 4. The Morgan fingerprint density at radius 2 is 2.00 bits per heavy atom. The maximum absolute atomic E-state index is 9.73. The molecule has 3 aromatic rings. The first-order chi connectivity index (χ1) is 10.2. The lowest BCUT2D eigenvalue weighted by atomic mass is 10.1. The number of phenols is 1. The van der Waals surface area contributed by atoms with Crippen molar-refractivity contribution < 1.29 is 5.11 Å². The van der Waals surface area contributed by atoms with Crippen LogP contribution in [0.4, 0.5) is 11.5 Å². The molecule has 3 N–H and O–H groups in total. The Kier molecular flexibility index (Phi) is 3.46. The largest absolute Gasteiger partial charge is 0.508 e. The van der Waals surface area contributed by atoms with Crippen molar-refractivity contribution in [2.45, 2.75) is 6.54 Å². The molecule has 0 unspecified atom stereocenters. The molecule has 21 heavy (non-hydrogen) atoms. The molecule has 1 heterocycles. The highest BCUT2D eigenvalue weighted by atomic mass is 16.3. The Hall–Kier alpha value is -2.59. The van der Waals surface area contributed by atoms with Crippen molar-refractivity contribution in [2.75, 3.05) is 11.9 Å². The van der Waals surface area contributed by atoms with Gasteiger partial charge in [-0.3, -0.25) is 0 Å². The molecular formula is C17H17N3O. The smallest absolute Gasteiger partial charge is 0.140 e. The number of nitrogens with zero attached hydrogens (tertiary/aromatic N) is 2. The van der Waals surface area contributed by atoms with E-state index in [0.29, 0.717) is 6.54 Å². The summed E-state index contributed by atoms with van der Waals surface area (Å²) in [6, 6.07) is 15.3. The van der Waals surface area contributed by atoms with E-state index in [1.165, 1.54) is 0 Å².